The average molecular weight is 293 g/mol. The molecule has 8 heteroatoms. The summed E-state index contributed by atoms with van der Waals surface area (Å²) in [5.74, 6) is 0.0790. The molecule has 20 heavy (non-hydrogen) atoms. The van der Waals surface area contributed by atoms with E-state index in [0.29, 0.717) is 18.6 Å². The monoisotopic (exact) mass is 293 g/mol. The maximum atomic E-state index is 11.7. The van der Waals surface area contributed by atoms with Gasteiger partial charge in [0.05, 0.1) is 0 Å². The Balaban J connectivity index is 2.24. The Morgan fingerprint density at radius 1 is 1.55 bits per heavy atom. The maximum absolute atomic E-state index is 11.7. The van der Waals surface area contributed by atoms with Crippen LogP contribution in [0.25, 0.3) is 11.2 Å². The first-order valence-electron chi connectivity index (χ1n) is 6.19. The van der Waals surface area contributed by atoms with E-state index in [9.17, 15) is 9.36 Å². The molecule has 0 atom stereocenters. The van der Waals surface area contributed by atoms with Crippen molar-refractivity contribution in [2.45, 2.75) is 33.2 Å². The first kappa shape index (κ1) is 14.6. The molecule has 7 nitrogen and oxygen atoms in total. The molecule has 0 radical (unpaired) electrons. The van der Waals surface area contributed by atoms with Gasteiger partial charge in [-0.25, -0.2) is 0 Å². The normalized spacial score (nSPS) is 11.5. The van der Waals surface area contributed by atoms with E-state index in [1.165, 1.54) is 0 Å². The standard InChI is InChI=1S/C12H16N5O2P/c1-12(2,4-6-20-19)3-5-17-7-14-8-9(17)15-11(13)16-10(8)18/h7H,3-5H2,1-2H3,(H3,13,15,16,18). The van der Waals surface area contributed by atoms with E-state index in [1.807, 2.05) is 0 Å². The van der Waals surface area contributed by atoms with Crippen molar-refractivity contribution < 1.29 is 4.57 Å². The fourth-order valence-electron chi connectivity index (χ4n) is 1.89. The second-order valence-corrected chi connectivity index (χ2v) is 5.90. The van der Waals surface area contributed by atoms with Crippen LogP contribution in [-0.4, -0.2) is 19.5 Å². The van der Waals surface area contributed by atoms with Crippen molar-refractivity contribution in [2.75, 3.05) is 5.73 Å². The molecule has 0 saturated carbocycles. The van der Waals surface area contributed by atoms with Crippen LogP contribution in [0.3, 0.4) is 0 Å². The third-order valence-corrected chi connectivity index (χ3v) is 3.43. The molecule has 3 N–H and O–H groups in total. The molecule has 0 unspecified atom stereocenters. The zero-order valence-corrected chi connectivity index (χ0v) is 12.3. The van der Waals surface area contributed by atoms with Gasteiger partial charge in [0.1, 0.15) is 0 Å². The van der Waals surface area contributed by atoms with Crippen LogP contribution in [0.15, 0.2) is 11.1 Å². The van der Waals surface area contributed by atoms with E-state index in [4.69, 9.17) is 5.73 Å². The van der Waals surface area contributed by atoms with Crippen molar-refractivity contribution in [2.24, 2.45) is 5.41 Å². The van der Waals surface area contributed by atoms with Crippen molar-refractivity contribution in [1.29, 1.82) is 0 Å². The Morgan fingerprint density at radius 2 is 2.30 bits per heavy atom. The molecule has 2 aromatic heterocycles. The Labute approximate surface area is 116 Å². The molecule has 2 heterocycles. The summed E-state index contributed by atoms with van der Waals surface area (Å²) >= 11 is 0. The van der Waals surface area contributed by atoms with Gasteiger partial charge >= 0.3 is 116 Å². The summed E-state index contributed by atoms with van der Waals surface area (Å²) in [6.07, 6.45) is 3.03. The number of imidazole rings is 1. The van der Waals surface area contributed by atoms with Crippen LogP contribution < -0.4 is 11.3 Å². The Morgan fingerprint density at radius 3 is 3.00 bits per heavy atom. The van der Waals surface area contributed by atoms with Crippen LogP contribution in [0.4, 0.5) is 5.95 Å². The summed E-state index contributed by atoms with van der Waals surface area (Å²) in [6.45, 7) is 4.79. The molecule has 0 aliphatic heterocycles. The van der Waals surface area contributed by atoms with Gasteiger partial charge in [0.15, 0.2) is 0 Å². The van der Waals surface area contributed by atoms with Gasteiger partial charge in [-0.3, -0.25) is 0 Å². The molecule has 106 valence electrons. The van der Waals surface area contributed by atoms with Gasteiger partial charge in [-0.1, -0.05) is 0 Å². The van der Waals surface area contributed by atoms with Crippen LogP contribution in [0, 0.1) is 11.0 Å². The van der Waals surface area contributed by atoms with Gasteiger partial charge in [0, 0.05) is 0 Å². The number of fused-ring (bicyclic) bond motifs is 1. The number of rotatable bonds is 4. The van der Waals surface area contributed by atoms with Crippen molar-refractivity contribution in [1.82, 2.24) is 19.5 Å². The molecule has 0 fully saturated rings. The van der Waals surface area contributed by atoms with E-state index in [-0.39, 0.29) is 30.4 Å². The van der Waals surface area contributed by atoms with E-state index >= 15 is 0 Å². The topological polar surface area (TPSA) is 107 Å². The molecule has 0 spiro atoms. The van der Waals surface area contributed by atoms with Crippen LogP contribution >= 0.6 is 7.92 Å². The molecule has 0 amide bonds. The molecule has 0 saturated heterocycles. The van der Waals surface area contributed by atoms with Gasteiger partial charge in [-0.2, -0.15) is 0 Å². The van der Waals surface area contributed by atoms with Crippen LogP contribution in [-0.2, 0) is 11.1 Å². The third kappa shape index (κ3) is 3.18. The summed E-state index contributed by atoms with van der Waals surface area (Å²) in [5, 5.41) is 0. The number of nitrogens with one attached hydrogen (secondary N) is 1. The first-order chi connectivity index (χ1) is 9.43. The first-order valence-corrected chi connectivity index (χ1v) is 7.00. The molecule has 2 rings (SSSR count). The summed E-state index contributed by atoms with van der Waals surface area (Å²) < 4.78 is 12.2. The van der Waals surface area contributed by atoms with Crippen molar-refractivity contribution >= 4 is 25.0 Å². The summed E-state index contributed by atoms with van der Waals surface area (Å²) in [6, 6.07) is 0. The van der Waals surface area contributed by atoms with Gasteiger partial charge in [0.25, 0.3) is 0 Å². The van der Waals surface area contributed by atoms with Crippen LogP contribution in [0.2, 0.25) is 0 Å². The van der Waals surface area contributed by atoms with Crippen molar-refractivity contribution in [3.05, 3.63) is 16.7 Å². The number of nitrogen functional groups attached to an aromatic ring is 1. The van der Waals surface area contributed by atoms with Gasteiger partial charge in [-0.15, -0.1) is 0 Å². The number of hydrogen-bond donors (Lipinski definition) is 2. The van der Waals surface area contributed by atoms with Crippen LogP contribution in [0.1, 0.15) is 26.7 Å². The van der Waals surface area contributed by atoms with Gasteiger partial charge in [0.2, 0.25) is 0 Å². The van der Waals surface area contributed by atoms with Crippen molar-refractivity contribution in [3.8, 4) is 5.63 Å². The number of nitrogens with zero attached hydrogens (tertiary/aromatic N) is 3. The zero-order chi connectivity index (χ0) is 14.8. The summed E-state index contributed by atoms with van der Waals surface area (Å²) in [5.41, 5.74) is 8.71. The van der Waals surface area contributed by atoms with Gasteiger partial charge in [-0.05, 0) is 0 Å². The zero-order valence-electron chi connectivity index (χ0n) is 11.4. The van der Waals surface area contributed by atoms with Gasteiger partial charge < -0.3 is 0 Å². The number of anilines is 1. The number of aryl methyl sites for hydroxylation is 1. The Bertz CT molecular complexity index is 787. The van der Waals surface area contributed by atoms with Crippen molar-refractivity contribution in [3.63, 3.8) is 0 Å². The number of aromatic nitrogens is 4. The quantitative estimate of drug-likeness (QED) is 0.835. The fourth-order valence-corrected chi connectivity index (χ4v) is 2.38. The number of aromatic amines is 1. The molecule has 0 aliphatic rings. The summed E-state index contributed by atoms with van der Waals surface area (Å²) in [7, 11) is -0.0696. The van der Waals surface area contributed by atoms with Crippen LogP contribution in [0.5, 0.6) is 0 Å². The minimum absolute atomic E-state index is 0.0409. The molecule has 0 aromatic carbocycles. The van der Waals surface area contributed by atoms with E-state index in [1.54, 1.807) is 10.9 Å². The third-order valence-electron chi connectivity index (χ3n) is 3.14. The SMILES string of the molecule is CC(C)(CC#P=O)CCn1cnc2c(=O)[nH]c(N)nc21. The second kappa shape index (κ2) is 5.65. The predicted molar refractivity (Wildman–Crippen MR) is 77.1 cm³/mol. The molecule has 0 aliphatic carbocycles. The minimum atomic E-state index is -0.336. The number of H-pyrrole nitrogens is 1. The number of nitrogens with two attached hydrogens (primary N) is 1. The van der Waals surface area contributed by atoms with E-state index < -0.39 is 0 Å². The second-order valence-electron chi connectivity index (χ2n) is 5.40. The summed E-state index contributed by atoms with van der Waals surface area (Å²) in [4.78, 5) is 22.2. The van der Waals surface area contributed by atoms with E-state index in [0.717, 1.165) is 6.42 Å². The molecular weight excluding hydrogens is 277 g/mol. The molecule has 0 bridgehead atoms. The Hall–Kier alpha value is -1.84. The molecular formula is C12H16N5O2P. The van der Waals surface area contributed by atoms with E-state index in [2.05, 4.69) is 34.4 Å². The number of hydrogen-bond acceptors (Lipinski definition) is 5. The fraction of sp³-hybridized carbons (Fsp3) is 0.500. The Kier molecular flexibility index (Phi) is 4.12. The average Bonchev–Trinajstić information content (AvgIpc) is 2.77. The predicted octanol–water partition coefficient (Wildman–Crippen LogP) is 1.76. The molecule has 2 aromatic rings.